The Kier molecular flexibility index (Phi) is 6.14. The Bertz CT molecular complexity index is 1110. The maximum atomic E-state index is 11.3. The van der Waals surface area contributed by atoms with Gasteiger partial charge >= 0.3 is 0 Å². The molecule has 0 saturated carbocycles. The number of unbranched alkanes of at least 4 members (excludes halogenated alkanes) is 1. The van der Waals surface area contributed by atoms with Crippen molar-refractivity contribution < 1.29 is 8.42 Å². The number of hydrogen-bond donors (Lipinski definition) is 2. The van der Waals surface area contributed by atoms with Crippen LogP contribution in [0.4, 0.5) is 5.82 Å². The summed E-state index contributed by atoms with van der Waals surface area (Å²) in [5.41, 5.74) is 2.80. The number of benzene rings is 1. The zero-order chi connectivity index (χ0) is 21.2. The second-order valence-corrected chi connectivity index (χ2v) is 10.3. The van der Waals surface area contributed by atoms with Crippen molar-refractivity contribution in [1.82, 2.24) is 19.3 Å². The van der Waals surface area contributed by atoms with Crippen LogP contribution in [0.1, 0.15) is 46.4 Å². The van der Waals surface area contributed by atoms with Gasteiger partial charge in [-0.1, -0.05) is 25.1 Å². The molecule has 0 aliphatic heterocycles. The SMILES string of the molecule is CCc1nc2c(NC(C)(C)C)nc3ccccc3c2n1CCCCNS(C)(=O)=O. The number of hydrogen-bond acceptors (Lipinski definition) is 5. The normalized spacial score (nSPS) is 12.7. The lowest BCUT2D eigenvalue weighted by Gasteiger charge is -2.22. The third-order valence-electron chi connectivity index (χ3n) is 4.64. The minimum atomic E-state index is -3.14. The molecule has 0 amide bonds. The van der Waals surface area contributed by atoms with Crippen LogP contribution in [-0.4, -0.2) is 41.3 Å². The Labute approximate surface area is 173 Å². The zero-order valence-electron chi connectivity index (χ0n) is 17.9. The lowest BCUT2D eigenvalue weighted by molar-refractivity contribution is 0.569. The number of rotatable bonds is 8. The monoisotopic (exact) mass is 417 g/mol. The minimum Gasteiger partial charge on any atom is -0.364 e. The topological polar surface area (TPSA) is 88.9 Å². The van der Waals surface area contributed by atoms with E-state index in [1.807, 2.05) is 18.2 Å². The van der Waals surface area contributed by atoms with E-state index >= 15 is 0 Å². The lowest BCUT2D eigenvalue weighted by atomic mass is 10.1. The molecule has 158 valence electrons. The van der Waals surface area contributed by atoms with E-state index in [0.717, 1.165) is 59.4 Å². The largest absolute Gasteiger partial charge is 0.364 e. The summed E-state index contributed by atoms with van der Waals surface area (Å²) in [7, 11) is -3.14. The van der Waals surface area contributed by atoms with E-state index in [-0.39, 0.29) is 5.54 Å². The summed E-state index contributed by atoms with van der Waals surface area (Å²) in [5.74, 6) is 1.82. The minimum absolute atomic E-state index is 0.129. The molecule has 3 rings (SSSR count). The van der Waals surface area contributed by atoms with Gasteiger partial charge in [0.25, 0.3) is 0 Å². The highest BCUT2D eigenvalue weighted by Gasteiger charge is 2.20. The number of aryl methyl sites for hydroxylation is 2. The summed E-state index contributed by atoms with van der Waals surface area (Å²) in [6, 6.07) is 8.15. The molecule has 0 atom stereocenters. The average Bonchev–Trinajstić information content (AvgIpc) is 2.98. The maximum Gasteiger partial charge on any atom is 0.208 e. The number of anilines is 1. The van der Waals surface area contributed by atoms with Crippen molar-refractivity contribution in [2.24, 2.45) is 0 Å². The van der Waals surface area contributed by atoms with Gasteiger partial charge in [0.15, 0.2) is 5.82 Å². The smallest absolute Gasteiger partial charge is 0.208 e. The molecule has 0 saturated heterocycles. The summed E-state index contributed by atoms with van der Waals surface area (Å²) >= 11 is 0. The molecule has 0 aliphatic rings. The second-order valence-electron chi connectivity index (χ2n) is 8.46. The van der Waals surface area contributed by atoms with E-state index in [2.05, 4.69) is 48.4 Å². The molecular formula is C21H31N5O2S. The summed E-state index contributed by atoms with van der Waals surface area (Å²) in [4.78, 5) is 9.78. The van der Waals surface area contributed by atoms with Crippen LogP contribution in [0.25, 0.3) is 21.9 Å². The van der Waals surface area contributed by atoms with Gasteiger partial charge in [-0.2, -0.15) is 0 Å². The molecule has 8 heteroatoms. The molecule has 3 aromatic rings. The van der Waals surface area contributed by atoms with Gasteiger partial charge in [0.2, 0.25) is 10.0 Å². The van der Waals surface area contributed by atoms with Crippen LogP contribution in [0.3, 0.4) is 0 Å². The van der Waals surface area contributed by atoms with Gasteiger partial charge in [-0.25, -0.2) is 23.1 Å². The Morgan fingerprint density at radius 3 is 2.48 bits per heavy atom. The van der Waals surface area contributed by atoms with Crippen molar-refractivity contribution in [3.63, 3.8) is 0 Å². The molecule has 0 spiro atoms. The van der Waals surface area contributed by atoms with Crippen LogP contribution < -0.4 is 10.0 Å². The summed E-state index contributed by atoms with van der Waals surface area (Å²) in [6.07, 6.45) is 3.64. The molecule has 2 aromatic heterocycles. The van der Waals surface area contributed by atoms with Crippen molar-refractivity contribution in [3.8, 4) is 0 Å². The summed E-state index contributed by atoms with van der Waals surface area (Å²) < 4.78 is 27.3. The number of sulfonamides is 1. The molecule has 29 heavy (non-hydrogen) atoms. The fourth-order valence-electron chi connectivity index (χ4n) is 3.49. The van der Waals surface area contributed by atoms with Crippen molar-refractivity contribution in [3.05, 3.63) is 30.1 Å². The van der Waals surface area contributed by atoms with Gasteiger partial charge in [0.05, 0.1) is 17.3 Å². The molecule has 0 aliphatic carbocycles. The standard InChI is InChI=1S/C21H31N5O2S/c1-6-17-24-18-19(26(17)14-10-9-13-22-29(5,27)28)15-11-7-8-12-16(15)23-20(18)25-21(2,3)4/h7-8,11-12,22H,6,9-10,13-14H2,1-5H3,(H,23,25). The van der Waals surface area contributed by atoms with Crippen LogP contribution in [0, 0.1) is 0 Å². The average molecular weight is 418 g/mol. The molecule has 7 nitrogen and oxygen atoms in total. The quantitative estimate of drug-likeness (QED) is 0.546. The molecule has 0 unspecified atom stereocenters. The molecular weight excluding hydrogens is 386 g/mol. The van der Waals surface area contributed by atoms with Gasteiger partial charge in [-0.3, -0.25) is 0 Å². The van der Waals surface area contributed by atoms with E-state index < -0.39 is 10.0 Å². The first-order valence-electron chi connectivity index (χ1n) is 10.1. The van der Waals surface area contributed by atoms with Gasteiger partial charge in [0, 0.05) is 30.4 Å². The zero-order valence-corrected chi connectivity index (χ0v) is 18.7. The van der Waals surface area contributed by atoms with Crippen molar-refractivity contribution in [1.29, 1.82) is 0 Å². The number of fused-ring (bicyclic) bond motifs is 3. The molecule has 0 radical (unpaired) electrons. The summed E-state index contributed by atoms with van der Waals surface area (Å²) in [6.45, 7) is 9.68. The first-order valence-corrected chi connectivity index (χ1v) is 12.0. The fraction of sp³-hybridized carbons (Fsp3) is 0.524. The highest BCUT2D eigenvalue weighted by molar-refractivity contribution is 7.88. The van der Waals surface area contributed by atoms with Crippen LogP contribution in [0.2, 0.25) is 0 Å². The van der Waals surface area contributed by atoms with E-state index in [1.54, 1.807) is 0 Å². The summed E-state index contributed by atoms with van der Waals surface area (Å²) in [5, 5.41) is 4.60. The predicted octanol–water partition coefficient (Wildman–Crippen LogP) is 3.69. The van der Waals surface area contributed by atoms with Crippen molar-refractivity contribution in [2.75, 3.05) is 18.1 Å². The van der Waals surface area contributed by atoms with Crippen molar-refractivity contribution >= 4 is 37.8 Å². The van der Waals surface area contributed by atoms with E-state index in [0.29, 0.717) is 6.54 Å². The molecule has 0 fully saturated rings. The third kappa shape index (κ3) is 5.25. The van der Waals surface area contributed by atoms with Crippen LogP contribution in [0.15, 0.2) is 24.3 Å². The molecule has 2 N–H and O–H groups in total. The number of imidazole rings is 1. The first-order chi connectivity index (χ1) is 13.6. The van der Waals surface area contributed by atoms with Crippen LogP contribution in [-0.2, 0) is 23.0 Å². The van der Waals surface area contributed by atoms with Gasteiger partial charge in [-0.05, 0) is 39.7 Å². The van der Waals surface area contributed by atoms with Gasteiger partial charge in [-0.15, -0.1) is 0 Å². The van der Waals surface area contributed by atoms with Crippen LogP contribution in [0.5, 0.6) is 0 Å². The number of nitrogens with zero attached hydrogens (tertiary/aromatic N) is 3. The van der Waals surface area contributed by atoms with Gasteiger partial charge < -0.3 is 9.88 Å². The Morgan fingerprint density at radius 1 is 1.10 bits per heavy atom. The fourth-order valence-corrected chi connectivity index (χ4v) is 4.00. The van der Waals surface area contributed by atoms with E-state index in [1.165, 1.54) is 6.26 Å². The number of aromatic nitrogens is 3. The first kappa shape index (κ1) is 21.5. The lowest BCUT2D eigenvalue weighted by Crippen LogP contribution is -2.26. The van der Waals surface area contributed by atoms with E-state index in [4.69, 9.17) is 9.97 Å². The van der Waals surface area contributed by atoms with Crippen molar-refractivity contribution in [2.45, 2.75) is 59.0 Å². The van der Waals surface area contributed by atoms with E-state index in [9.17, 15) is 8.42 Å². The second kappa shape index (κ2) is 8.28. The Balaban J connectivity index is 2.02. The highest BCUT2D eigenvalue weighted by Crippen LogP contribution is 2.31. The third-order valence-corrected chi connectivity index (χ3v) is 5.37. The number of para-hydroxylation sites is 1. The number of pyridine rings is 1. The number of nitrogens with one attached hydrogen (secondary N) is 2. The Hall–Kier alpha value is -2.19. The molecule has 2 heterocycles. The highest BCUT2D eigenvalue weighted by atomic mass is 32.2. The van der Waals surface area contributed by atoms with Crippen LogP contribution >= 0.6 is 0 Å². The maximum absolute atomic E-state index is 11.3. The molecule has 0 bridgehead atoms. The molecule has 1 aromatic carbocycles. The predicted molar refractivity (Wildman–Crippen MR) is 120 cm³/mol. The Morgan fingerprint density at radius 2 is 1.83 bits per heavy atom. The van der Waals surface area contributed by atoms with Gasteiger partial charge in [0.1, 0.15) is 11.3 Å².